The molecule has 0 unspecified atom stereocenters. The lowest BCUT2D eigenvalue weighted by Crippen LogP contribution is -2.05. The van der Waals surface area contributed by atoms with Crippen molar-refractivity contribution < 1.29 is 8.78 Å². The average molecular weight is 327 g/mol. The molecule has 2 aromatic heterocycles. The molecule has 1 aromatic carbocycles. The lowest BCUT2D eigenvalue weighted by atomic mass is 10.2. The first-order valence-electron chi connectivity index (χ1n) is 7.31. The SMILES string of the molecule is Cc1nc(NCc2ccncc2)cc(Nc2ccc(F)cc2F)n1. The normalized spacial score (nSPS) is 10.5. The fourth-order valence-corrected chi connectivity index (χ4v) is 2.14. The van der Waals surface area contributed by atoms with E-state index >= 15 is 0 Å². The first-order chi connectivity index (χ1) is 11.6. The van der Waals surface area contributed by atoms with E-state index in [1.54, 1.807) is 25.4 Å². The van der Waals surface area contributed by atoms with Gasteiger partial charge < -0.3 is 10.6 Å². The molecule has 0 aliphatic carbocycles. The minimum atomic E-state index is -0.683. The van der Waals surface area contributed by atoms with Gasteiger partial charge in [-0.1, -0.05) is 0 Å². The predicted molar refractivity (Wildman–Crippen MR) is 88.0 cm³/mol. The van der Waals surface area contributed by atoms with Crippen molar-refractivity contribution >= 4 is 17.3 Å². The van der Waals surface area contributed by atoms with E-state index in [0.717, 1.165) is 11.6 Å². The smallest absolute Gasteiger partial charge is 0.149 e. The Kier molecular flexibility index (Phi) is 4.60. The van der Waals surface area contributed by atoms with Gasteiger partial charge in [-0.05, 0) is 36.8 Å². The number of nitrogens with zero attached hydrogens (tertiary/aromatic N) is 3. The summed E-state index contributed by atoms with van der Waals surface area (Å²) in [6, 6.07) is 8.78. The molecular formula is C17H15F2N5. The second-order valence-corrected chi connectivity index (χ2v) is 5.14. The Morgan fingerprint density at radius 3 is 2.46 bits per heavy atom. The number of hydrogen-bond donors (Lipinski definition) is 2. The van der Waals surface area contributed by atoms with Crippen LogP contribution in [0.15, 0.2) is 48.8 Å². The predicted octanol–water partition coefficient (Wildman–Crippen LogP) is 3.81. The van der Waals surface area contributed by atoms with Crippen molar-refractivity contribution in [2.75, 3.05) is 10.6 Å². The number of hydrogen-bond acceptors (Lipinski definition) is 5. The first-order valence-corrected chi connectivity index (χ1v) is 7.31. The standard InChI is InChI=1S/C17H15F2N5/c1-11-22-16(21-10-12-4-6-20-7-5-12)9-17(23-11)24-15-3-2-13(18)8-14(15)19/h2-9H,10H2,1H3,(H2,21,22,23,24). The molecule has 0 fully saturated rings. The van der Waals surface area contributed by atoms with E-state index in [2.05, 4.69) is 25.6 Å². The van der Waals surface area contributed by atoms with Crippen molar-refractivity contribution in [2.45, 2.75) is 13.5 Å². The minimum Gasteiger partial charge on any atom is -0.366 e. The molecule has 122 valence electrons. The molecule has 5 nitrogen and oxygen atoms in total. The Balaban J connectivity index is 1.76. The van der Waals surface area contributed by atoms with Crippen LogP contribution in [0.5, 0.6) is 0 Å². The van der Waals surface area contributed by atoms with Gasteiger partial charge >= 0.3 is 0 Å². The van der Waals surface area contributed by atoms with Gasteiger partial charge in [-0.3, -0.25) is 4.98 Å². The molecule has 0 atom stereocenters. The number of nitrogens with one attached hydrogen (secondary N) is 2. The lowest BCUT2D eigenvalue weighted by Gasteiger charge is -2.11. The van der Waals surface area contributed by atoms with E-state index in [1.807, 2.05) is 12.1 Å². The lowest BCUT2D eigenvalue weighted by molar-refractivity contribution is 0.586. The minimum absolute atomic E-state index is 0.148. The first kappa shape index (κ1) is 15.8. The highest BCUT2D eigenvalue weighted by molar-refractivity contribution is 5.59. The summed E-state index contributed by atoms with van der Waals surface area (Å²) in [6.07, 6.45) is 3.43. The number of halogens is 2. The van der Waals surface area contributed by atoms with E-state index in [0.29, 0.717) is 24.0 Å². The Morgan fingerprint density at radius 2 is 1.71 bits per heavy atom. The van der Waals surface area contributed by atoms with Gasteiger partial charge in [0.2, 0.25) is 0 Å². The molecule has 7 heteroatoms. The zero-order chi connectivity index (χ0) is 16.9. The third-order valence-corrected chi connectivity index (χ3v) is 3.25. The second kappa shape index (κ2) is 6.99. The maximum absolute atomic E-state index is 13.7. The number of aromatic nitrogens is 3. The van der Waals surface area contributed by atoms with Gasteiger partial charge in [-0.15, -0.1) is 0 Å². The maximum Gasteiger partial charge on any atom is 0.149 e. The summed E-state index contributed by atoms with van der Waals surface area (Å²) in [7, 11) is 0. The van der Waals surface area contributed by atoms with Crippen LogP contribution in [0.2, 0.25) is 0 Å². The molecule has 0 saturated carbocycles. The quantitative estimate of drug-likeness (QED) is 0.746. The van der Waals surface area contributed by atoms with Gasteiger partial charge in [0.05, 0.1) is 5.69 Å². The Bertz CT molecular complexity index is 840. The van der Waals surface area contributed by atoms with Crippen LogP contribution in [0.4, 0.5) is 26.1 Å². The van der Waals surface area contributed by atoms with Crippen LogP contribution in [0.3, 0.4) is 0 Å². The highest BCUT2D eigenvalue weighted by Crippen LogP contribution is 2.21. The van der Waals surface area contributed by atoms with E-state index < -0.39 is 11.6 Å². The zero-order valence-corrected chi connectivity index (χ0v) is 12.9. The highest BCUT2D eigenvalue weighted by Gasteiger charge is 2.07. The Morgan fingerprint density at radius 1 is 0.958 bits per heavy atom. The largest absolute Gasteiger partial charge is 0.366 e. The van der Waals surface area contributed by atoms with Gasteiger partial charge in [-0.2, -0.15) is 0 Å². The summed E-state index contributed by atoms with van der Waals surface area (Å²) in [5.41, 5.74) is 1.20. The number of aryl methyl sites for hydroxylation is 1. The van der Waals surface area contributed by atoms with E-state index in [4.69, 9.17) is 0 Å². The molecule has 2 N–H and O–H groups in total. The second-order valence-electron chi connectivity index (χ2n) is 5.14. The van der Waals surface area contributed by atoms with E-state index in [-0.39, 0.29) is 5.69 Å². The van der Waals surface area contributed by atoms with Gasteiger partial charge in [0.25, 0.3) is 0 Å². The molecule has 0 amide bonds. The maximum atomic E-state index is 13.7. The summed E-state index contributed by atoms with van der Waals surface area (Å²) in [5, 5.41) is 6.02. The molecule has 0 spiro atoms. The van der Waals surface area contributed by atoms with Crippen LogP contribution in [-0.4, -0.2) is 15.0 Å². The molecule has 0 radical (unpaired) electrons. The molecule has 0 bridgehead atoms. The average Bonchev–Trinajstić information content (AvgIpc) is 2.56. The summed E-state index contributed by atoms with van der Waals surface area (Å²) in [6.45, 7) is 2.31. The van der Waals surface area contributed by atoms with Crippen LogP contribution in [0, 0.1) is 18.6 Å². The van der Waals surface area contributed by atoms with Gasteiger partial charge in [0.1, 0.15) is 29.1 Å². The van der Waals surface area contributed by atoms with Crippen LogP contribution in [-0.2, 0) is 6.54 Å². The number of anilines is 3. The van der Waals surface area contributed by atoms with Crippen LogP contribution >= 0.6 is 0 Å². The number of rotatable bonds is 5. The topological polar surface area (TPSA) is 62.7 Å². The van der Waals surface area contributed by atoms with Crippen LogP contribution in [0.25, 0.3) is 0 Å². The fourth-order valence-electron chi connectivity index (χ4n) is 2.14. The van der Waals surface area contributed by atoms with Crippen molar-refractivity contribution in [1.82, 2.24) is 15.0 Å². The molecule has 3 aromatic rings. The van der Waals surface area contributed by atoms with E-state index in [9.17, 15) is 8.78 Å². The fraction of sp³-hybridized carbons (Fsp3) is 0.118. The van der Waals surface area contributed by atoms with Gasteiger partial charge in [-0.25, -0.2) is 18.7 Å². The third kappa shape index (κ3) is 4.01. The van der Waals surface area contributed by atoms with Crippen molar-refractivity contribution in [3.05, 3.63) is 71.8 Å². The Labute approximate surface area is 137 Å². The molecule has 24 heavy (non-hydrogen) atoms. The summed E-state index contributed by atoms with van der Waals surface area (Å²) in [4.78, 5) is 12.5. The molecule has 0 aliphatic heterocycles. The van der Waals surface area contributed by atoms with E-state index in [1.165, 1.54) is 12.1 Å². The highest BCUT2D eigenvalue weighted by atomic mass is 19.1. The monoisotopic (exact) mass is 327 g/mol. The number of pyridine rings is 1. The van der Waals surface area contributed by atoms with Gasteiger partial charge in [0, 0.05) is 31.1 Å². The zero-order valence-electron chi connectivity index (χ0n) is 12.9. The summed E-state index contributed by atoms with van der Waals surface area (Å²) < 4.78 is 26.7. The van der Waals surface area contributed by atoms with Crippen molar-refractivity contribution in [3.63, 3.8) is 0 Å². The summed E-state index contributed by atoms with van der Waals surface area (Å²) in [5.74, 6) is 0.239. The molecule has 0 aliphatic rings. The molecule has 3 rings (SSSR count). The van der Waals surface area contributed by atoms with Crippen LogP contribution < -0.4 is 10.6 Å². The van der Waals surface area contributed by atoms with Crippen molar-refractivity contribution in [3.8, 4) is 0 Å². The summed E-state index contributed by atoms with van der Waals surface area (Å²) >= 11 is 0. The molecule has 2 heterocycles. The third-order valence-electron chi connectivity index (χ3n) is 3.25. The van der Waals surface area contributed by atoms with Crippen molar-refractivity contribution in [2.24, 2.45) is 0 Å². The van der Waals surface area contributed by atoms with Crippen molar-refractivity contribution in [1.29, 1.82) is 0 Å². The molecule has 0 saturated heterocycles. The van der Waals surface area contributed by atoms with Gasteiger partial charge in [0.15, 0.2) is 0 Å². The molecular weight excluding hydrogens is 312 g/mol. The van der Waals surface area contributed by atoms with Crippen LogP contribution in [0.1, 0.15) is 11.4 Å². The Hall–Kier alpha value is -3.09. The number of benzene rings is 1.